The number of nitrogens with one attached hydrogen (secondary N) is 1. The maximum absolute atomic E-state index is 13.2. The normalized spacial score (nSPS) is 12.1. The molecule has 144 valence electrons. The standard InChI is InChI=1S/C19H14F2N2O5/c20-14-3-2-12(6-15(14)21)25-9-13-7-16(23-28-13)19(24)22-8-11-1-4-17-18(5-11)27-10-26-17/h1-7H,8-10H2,(H,22,24). The van der Waals surface area contributed by atoms with Crippen LogP contribution in [0, 0.1) is 11.6 Å². The second-order valence-electron chi connectivity index (χ2n) is 5.91. The quantitative estimate of drug-likeness (QED) is 0.698. The van der Waals surface area contributed by atoms with Crippen LogP contribution in [0.25, 0.3) is 0 Å². The Morgan fingerprint density at radius 3 is 2.79 bits per heavy atom. The highest BCUT2D eigenvalue weighted by atomic mass is 19.2. The van der Waals surface area contributed by atoms with Crippen LogP contribution in [-0.4, -0.2) is 17.9 Å². The van der Waals surface area contributed by atoms with E-state index in [1.54, 1.807) is 12.1 Å². The lowest BCUT2D eigenvalue weighted by Gasteiger charge is -2.04. The number of hydrogen-bond acceptors (Lipinski definition) is 6. The summed E-state index contributed by atoms with van der Waals surface area (Å²) in [6.45, 7) is 0.357. The van der Waals surface area contributed by atoms with E-state index in [2.05, 4.69) is 10.5 Å². The van der Waals surface area contributed by atoms with Crippen LogP contribution in [-0.2, 0) is 13.2 Å². The van der Waals surface area contributed by atoms with E-state index in [1.807, 2.05) is 6.07 Å². The van der Waals surface area contributed by atoms with Gasteiger partial charge in [0.15, 0.2) is 34.6 Å². The van der Waals surface area contributed by atoms with Gasteiger partial charge in [0.2, 0.25) is 6.79 Å². The van der Waals surface area contributed by atoms with Crippen molar-refractivity contribution < 1.29 is 32.3 Å². The van der Waals surface area contributed by atoms with Crippen LogP contribution in [0.15, 0.2) is 47.0 Å². The average molecular weight is 388 g/mol. The fraction of sp³-hybridized carbons (Fsp3) is 0.158. The summed E-state index contributed by atoms with van der Waals surface area (Å²) in [6, 6.07) is 9.95. The number of aromatic nitrogens is 1. The number of carbonyl (C=O) groups excluding carboxylic acids is 1. The number of nitrogens with zero attached hydrogens (tertiary/aromatic N) is 1. The van der Waals surface area contributed by atoms with Crippen molar-refractivity contribution in [1.29, 1.82) is 0 Å². The predicted octanol–water partition coefficient (Wildman–Crippen LogP) is 3.19. The Morgan fingerprint density at radius 2 is 1.93 bits per heavy atom. The molecule has 1 aliphatic heterocycles. The fourth-order valence-corrected chi connectivity index (χ4v) is 2.53. The summed E-state index contributed by atoms with van der Waals surface area (Å²) in [7, 11) is 0. The number of ether oxygens (including phenoxy) is 3. The minimum Gasteiger partial charge on any atom is -0.485 e. The van der Waals surface area contributed by atoms with Gasteiger partial charge < -0.3 is 24.1 Å². The molecule has 0 saturated carbocycles. The minimum atomic E-state index is -1.02. The first-order valence-electron chi connectivity index (χ1n) is 8.28. The van der Waals surface area contributed by atoms with E-state index in [0.717, 1.165) is 17.7 Å². The molecule has 2 heterocycles. The molecule has 0 aliphatic carbocycles. The third kappa shape index (κ3) is 3.88. The molecule has 4 rings (SSSR count). The molecule has 7 nitrogen and oxygen atoms in total. The van der Waals surface area contributed by atoms with Crippen LogP contribution in [0.1, 0.15) is 21.8 Å². The van der Waals surface area contributed by atoms with Crippen molar-refractivity contribution in [2.75, 3.05) is 6.79 Å². The number of rotatable bonds is 6. The van der Waals surface area contributed by atoms with E-state index in [9.17, 15) is 13.6 Å². The Morgan fingerprint density at radius 1 is 1.07 bits per heavy atom. The van der Waals surface area contributed by atoms with Gasteiger partial charge in [-0.25, -0.2) is 8.78 Å². The van der Waals surface area contributed by atoms with Crippen molar-refractivity contribution in [1.82, 2.24) is 10.5 Å². The van der Waals surface area contributed by atoms with E-state index in [-0.39, 0.29) is 37.1 Å². The van der Waals surface area contributed by atoms with Gasteiger partial charge in [-0.15, -0.1) is 0 Å². The first kappa shape index (κ1) is 17.8. The third-order valence-electron chi connectivity index (χ3n) is 3.95. The van der Waals surface area contributed by atoms with E-state index >= 15 is 0 Å². The zero-order chi connectivity index (χ0) is 19.5. The van der Waals surface area contributed by atoms with Crippen LogP contribution in [0.2, 0.25) is 0 Å². The molecule has 9 heteroatoms. The number of halogens is 2. The number of hydrogen-bond donors (Lipinski definition) is 1. The maximum Gasteiger partial charge on any atom is 0.273 e. The molecule has 1 aromatic heterocycles. The van der Waals surface area contributed by atoms with Crippen LogP contribution >= 0.6 is 0 Å². The van der Waals surface area contributed by atoms with Crippen molar-refractivity contribution in [3.05, 3.63) is 71.1 Å². The van der Waals surface area contributed by atoms with Crippen molar-refractivity contribution >= 4 is 5.91 Å². The van der Waals surface area contributed by atoms with Gasteiger partial charge in [-0.1, -0.05) is 11.2 Å². The van der Waals surface area contributed by atoms with Crippen molar-refractivity contribution in [3.63, 3.8) is 0 Å². The van der Waals surface area contributed by atoms with Crippen molar-refractivity contribution in [2.24, 2.45) is 0 Å². The molecule has 1 amide bonds. The largest absolute Gasteiger partial charge is 0.485 e. The molecule has 28 heavy (non-hydrogen) atoms. The highest BCUT2D eigenvalue weighted by Crippen LogP contribution is 2.32. The van der Waals surface area contributed by atoms with Crippen LogP contribution < -0.4 is 19.5 Å². The van der Waals surface area contributed by atoms with E-state index < -0.39 is 17.5 Å². The van der Waals surface area contributed by atoms with E-state index in [1.165, 1.54) is 12.1 Å². The lowest BCUT2D eigenvalue weighted by atomic mass is 10.2. The second-order valence-corrected chi connectivity index (χ2v) is 5.91. The number of fused-ring (bicyclic) bond motifs is 1. The average Bonchev–Trinajstić information content (AvgIpc) is 3.36. The van der Waals surface area contributed by atoms with Crippen molar-refractivity contribution in [3.8, 4) is 17.2 Å². The summed E-state index contributed by atoms with van der Waals surface area (Å²) in [6.07, 6.45) is 0. The SMILES string of the molecule is O=C(NCc1ccc2c(c1)OCO2)c1cc(COc2ccc(F)c(F)c2)on1. The van der Waals surface area contributed by atoms with E-state index in [4.69, 9.17) is 18.7 Å². The molecule has 0 fully saturated rings. The zero-order valence-corrected chi connectivity index (χ0v) is 14.4. The summed E-state index contributed by atoms with van der Waals surface area (Å²) in [5.74, 6) is -0.725. The molecule has 0 atom stereocenters. The summed E-state index contributed by atoms with van der Waals surface area (Å²) in [4.78, 5) is 12.2. The topological polar surface area (TPSA) is 82.8 Å². The molecule has 2 aromatic carbocycles. The predicted molar refractivity (Wildman–Crippen MR) is 90.9 cm³/mol. The molecular weight excluding hydrogens is 374 g/mol. The lowest BCUT2D eigenvalue weighted by Crippen LogP contribution is -2.23. The number of benzene rings is 2. The Balaban J connectivity index is 1.31. The van der Waals surface area contributed by atoms with Gasteiger partial charge in [-0.05, 0) is 29.8 Å². The Bertz CT molecular complexity index is 1020. The molecule has 0 bridgehead atoms. The van der Waals surface area contributed by atoms with Crippen LogP contribution in [0.3, 0.4) is 0 Å². The molecule has 0 radical (unpaired) electrons. The van der Waals surface area contributed by atoms with Gasteiger partial charge in [-0.3, -0.25) is 4.79 Å². The van der Waals surface area contributed by atoms with E-state index in [0.29, 0.717) is 11.5 Å². The zero-order valence-electron chi connectivity index (χ0n) is 14.4. The first-order valence-corrected chi connectivity index (χ1v) is 8.28. The molecule has 0 unspecified atom stereocenters. The molecular formula is C19H14F2N2O5. The number of carbonyl (C=O) groups is 1. The monoisotopic (exact) mass is 388 g/mol. The molecule has 1 aliphatic rings. The Labute approximate surface area is 157 Å². The highest BCUT2D eigenvalue weighted by Gasteiger charge is 2.16. The highest BCUT2D eigenvalue weighted by molar-refractivity contribution is 5.92. The van der Waals surface area contributed by atoms with Gasteiger partial charge in [0, 0.05) is 18.7 Å². The molecule has 0 spiro atoms. The minimum absolute atomic E-state index is 0.0737. The number of amides is 1. The smallest absolute Gasteiger partial charge is 0.273 e. The molecule has 1 N–H and O–H groups in total. The van der Waals surface area contributed by atoms with Crippen molar-refractivity contribution in [2.45, 2.75) is 13.2 Å². The second kappa shape index (κ2) is 7.55. The van der Waals surface area contributed by atoms with Gasteiger partial charge in [0.1, 0.15) is 12.4 Å². The molecule has 3 aromatic rings. The Kier molecular flexibility index (Phi) is 4.79. The van der Waals surface area contributed by atoms with Gasteiger partial charge in [0.05, 0.1) is 0 Å². The van der Waals surface area contributed by atoms with Gasteiger partial charge in [-0.2, -0.15) is 0 Å². The Hall–Kier alpha value is -3.62. The molecule has 0 saturated heterocycles. The van der Waals surface area contributed by atoms with Crippen LogP contribution in [0.5, 0.6) is 17.2 Å². The summed E-state index contributed by atoms with van der Waals surface area (Å²) in [5.41, 5.74) is 0.910. The third-order valence-corrected chi connectivity index (χ3v) is 3.95. The maximum atomic E-state index is 13.2. The van der Waals surface area contributed by atoms with Gasteiger partial charge in [0.25, 0.3) is 5.91 Å². The van der Waals surface area contributed by atoms with Gasteiger partial charge >= 0.3 is 0 Å². The summed E-state index contributed by atoms with van der Waals surface area (Å²) >= 11 is 0. The summed E-state index contributed by atoms with van der Waals surface area (Å²) in [5, 5.41) is 6.40. The lowest BCUT2D eigenvalue weighted by molar-refractivity contribution is 0.0941. The van der Waals surface area contributed by atoms with Crippen LogP contribution in [0.4, 0.5) is 8.78 Å². The first-order chi connectivity index (χ1) is 13.6. The summed E-state index contributed by atoms with van der Waals surface area (Å²) < 4.78 is 46.9. The fourth-order valence-electron chi connectivity index (χ4n) is 2.53.